The highest BCUT2D eigenvalue weighted by atomic mass is 35.5. The number of non-ortho nitro benzene ring substituents is 1. The highest BCUT2D eigenvalue weighted by Crippen LogP contribution is 2.30. The van der Waals surface area contributed by atoms with Crippen molar-refractivity contribution in [2.75, 3.05) is 0 Å². The first-order chi connectivity index (χ1) is 8.97. The largest absolute Gasteiger partial charge is 0.485 e. The maximum absolute atomic E-state index is 10.7. The predicted octanol–water partition coefficient (Wildman–Crippen LogP) is 3.90. The van der Waals surface area contributed by atoms with Crippen molar-refractivity contribution in [3.05, 3.63) is 48.9 Å². The van der Waals surface area contributed by atoms with Crippen molar-refractivity contribution in [3.63, 3.8) is 0 Å². The summed E-state index contributed by atoms with van der Waals surface area (Å²) in [6.07, 6.45) is 0. The van der Waals surface area contributed by atoms with Crippen molar-refractivity contribution in [2.24, 2.45) is 0 Å². The Morgan fingerprint density at radius 3 is 2.79 bits per heavy atom. The highest BCUT2D eigenvalue weighted by molar-refractivity contribution is 7.11. The summed E-state index contributed by atoms with van der Waals surface area (Å²) in [7, 11) is 0. The molecule has 0 spiro atoms. The molecule has 0 N–H and O–H groups in total. The number of aromatic nitrogens is 1. The molecule has 1 aromatic carbocycles. The van der Waals surface area contributed by atoms with E-state index in [-0.39, 0.29) is 12.3 Å². The molecule has 2 aromatic rings. The van der Waals surface area contributed by atoms with Crippen LogP contribution >= 0.6 is 22.9 Å². The smallest absolute Gasteiger partial charge is 0.273 e. The number of nitro groups is 1. The zero-order valence-electron chi connectivity index (χ0n) is 10.3. The van der Waals surface area contributed by atoms with Gasteiger partial charge < -0.3 is 4.74 Å². The fourth-order valence-corrected chi connectivity index (χ4v) is 2.48. The summed E-state index contributed by atoms with van der Waals surface area (Å²) in [5.41, 5.74) is 0.916. The number of thiazole rings is 1. The number of hydrogen-bond donors (Lipinski definition) is 0. The minimum absolute atomic E-state index is 0.0501. The van der Waals surface area contributed by atoms with Crippen LogP contribution in [0, 0.1) is 24.0 Å². The molecule has 0 atom stereocenters. The van der Waals surface area contributed by atoms with Gasteiger partial charge in [0.05, 0.1) is 21.7 Å². The van der Waals surface area contributed by atoms with Crippen LogP contribution in [0.1, 0.15) is 15.6 Å². The van der Waals surface area contributed by atoms with Crippen molar-refractivity contribution in [1.82, 2.24) is 4.98 Å². The topological polar surface area (TPSA) is 65.3 Å². The van der Waals surface area contributed by atoms with Crippen LogP contribution in [-0.2, 0) is 6.61 Å². The number of benzene rings is 1. The molecular weight excluding hydrogens is 288 g/mol. The third kappa shape index (κ3) is 3.21. The summed E-state index contributed by atoms with van der Waals surface area (Å²) in [5.74, 6) is 0.293. The van der Waals surface area contributed by atoms with E-state index in [0.717, 1.165) is 15.6 Å². The van der Waals surface area contributed by atoms with Gasteiger partial charge in [-0.25, -0.2) is 4.98 Å². The first kappa shape index (κ1) is 13.8. The van der Waals surface area contributed by atoms with Crippen molar-refractivity contribution in [3.8, 4) is 5.75 Å². The van der Waals surface area contributed by atoms with Gasteiger partial charge >= 0.3 is 0 Å². The third-order valence-electron chi connectivity index (χ3n) is 2.55. The zero-order chi connectivity index (χ0) is 14.0. The van der Waals surface area contributed by atoms with E-state index in [4.69, 9.17) is 16.3 Å². The molecule has 0 unspecified atom stereocenters. The summed E-state index contributed by atoms with van der Waals surface area (Å²) < 4.78 is 5.49. The number of ether oxygens (including phenoxy) is 1. The van der Waals surface area contributed by atoms with E-state index in [1.807, 2.05) is 13.8 Å². The Morgan fingerprint density at radius 2 is 2.21 bits per heavy atom. The van der Waals surface area contributed by atoms with Crippen LogP contribution in [0.3, 0.4) is 0 Å². The predicted molar refractivity (Wildman–Crippen MR) is 74.0 cm³/mol. The minimum atomic E-state index is -0.485. The van der Waals surface area contributed by atoms with Gasteiger partial charge in [-0.2, -0.15) is 0 Å². The van der Waals surface area contributed by atoms with Crippen LogP contribution < -0.4 is 4.74 Å². The molecule has 0 aliphatic heterocycles. The Balaban J connectivity index is 2.14. The van der Waals surface area contributed by atoms with E-state index in [2.05, 4.69) is 4.98 Å². The third-order valence-corrected chi connectivity index (χ3v) is 3.91. The number of halogens is 1. The highest BCUT2D eigenvalue weighted by Gasteiger charge is 2.12. The molecule has 0 saturated heterocycles. The Hall–Kier alpha value is -1.66. The van der Waals surface area contributed by atoms with E-state index in [1.165, 1.54) is 29.5 Å². The van der Waals surface area contributed by atoms with Crippen LogP contribution in [0.25, 0.3) is 0 Å². The van der Waals surface area contributed by atoms with Crippen molar-refractivity contribution < 1.29 is 9.66 Å². The standard InChI is InChI=1S/C12H11ClN2O3S/c1-7-8(2)19-12(14-7)6-18-11-5-9(15(16)17)3-4-10(11)13/h3-5H,6H2,1-2H3. The fraction of sp³-hybridized carbons (Fsp3) is 0.250. The van der Waals surface area contributed by atoms with E-state index < -0.39 is 4.92 Å². The lowest BCUT2D eigenvalue weighted by atomic mass is 10.3. The van der Waals surface area contributed by atoms with Crippen LogP contribution in [0.15, 0.2) is 18.2 Å². The lowest BCUT2D eigenvalue weighted by molar-refractivity contribution is -0.384. The van der Waals surface area contributed by atoms with Gasteiger partial charge in [0.2, 0.25) is 0 Å². The lowest BCUT2D eigenvalue weighted by Crippen LogP contribution is -1.97. The molecule has 19 heavy (non-hydrogen) atoms. The second-order valence-corrected chi connectivity index (χ2v) is 5.60. The first-order valence-corrected chi connectivity index (χ1v) is 6.66. The second-order valence-electron chi connectivity index (χ2n) is 3.91. The maximum Gasteiger partial charge on any atom is 0.273 e. The average molecular weight is 299 g/mol. The molecule has 0 aliphatic rings. The molecule has 0 aliphatic carbocycles. The monoisotopic (exact) mass is 298 g/mol. The number of aryl methyl sites for hydroxylation is 2. The molecule has 100 valence electrons. The average Bonchev–Trinajstić information content (AvgIpc) is 2.67. The summed E-state index contributed by atoms with van der Waals surface area (Å²) in [4.78, 5) is 15.7. The van der Waals surface area contributed by atoms with Gasteiger partial charge in [0.1, 0.15) is 17.4 Å². The molecule has 1 aromatic heterocycles. The minimum Gasteiger partial charge on any atom is -0.485 e. The van der Waals surface area contributed by atoms with Gasteiger partial charge in [-0.3, -0.25) is 10.1 Å². The lowest BCUT2D eigenvalue weighted by Gasteiger charge is -2.05. The van der Waals surface area contributed by atoms with Crippen molar-refractivity contribution in [2.45, 2.75) is 20.5 Å². The zero-order valence-corrected chi connectivity index (χ0v) is 11.9. The van der Waals surface area contributed by atoms with Gasteiger partial charge in [0.15, 0.2) is 0 Å². The van der Waals surface area contributed by atoms with Gasteiger partial charge in [0.25, 0.3) is 5.69 Å². The molecule has 0 radical (unpaired) electrons. The number of nitro benzene ring substituents is 1. The normalized spacial score (nSPS) is 10.5. The Bertz CT molecular complexity index is 608. The Morgan fingerprint density at radius 1 is 1.47 bits per heavy atom. The second kappa shape index (κ2) is 5.54. The fourth-order valence-electron chi connectivity index (χ4n) is 1.46. The Kier molecular flexibility index (Phi) is 4.01. The quantitative estimate of drug-likeness (QED) is 0.634. The van der Waals surface area contributed by atoms with Gasteiger partial charge in [-0.1, -0.05) is 11.6 Å². The van der Waals surface area contributed by atoms with Crippen LogP contribution in [0.5, 0.6) is 5.75 Å². The molecule has 0 amide bonds. The van der Waals surface area contributed by atoms with Gasteiger partial charge in [0, 0.05) is 10.9 Å². The van der Waals surface area contributed by atoms with Crippen LogP contribution in [0.4, 0.5) is 5.69 Å². The van der Waals surface area contributed by atoms with Crippen LogP contribution in [-0.4, -0.2) is 9.91 Å². The van der Waals surface area contributed by atoms with Gasteiger partial charge in [-0.05, 0) is 19.9 Å². The molecule has 0 bridgehead atoms. The van der Waals surface area contributed by atoms with E-state index in [0.29, 0.717) is 10.8 Å². The molecular formula is C12H11ClN2O3S. The molecule has 0 fully saturated rings. The summed E-state index contributed by atoms with van der Waals surface area (Å²) in [6.45, 7) is 4.16. The van der Waals surface area contributed by atoms with E-state index in [1.54, 1.807) is 0 Å². The first-order valence-electron chi connectivity index (χ1n) is 5.47. The van der Waals surface area contributed by atoms with Gasteiger partial charge in [-0.15, -0.1) is 11.3 Å². The number of nitrogens with zero attached hydrogens (tertiary/aromatic N) is 2. The van der Waals surface area contributed by atoms with E-state index >= 15 is 0 Å². The molecule has 1 heterocycles. The summed E-state index contributed by atoms with van der Waals surface area (Å²) >= 11 is 7.48. The van der Waals surface area contributed by atoms with Crippen molar-refractivity contribution >= 4 is 28.6 Å². The van der Waals surface area contributed by atoms with Crippen LogP contribution in [0.2, 0.25) is 5.02 Å². The summed E-state index contributed by atoms with van der Waals surface area (Å²) in [5, 5.41) is 11.8. The van der Waals surface area contributed by atoms with E-state index in [9.17, 15) is 10.1 Å². The van der Waals surface area contributed by atoms with Crippen molar-refractivity contribution in [1.29, 1.82) is 0 Å². The number of hydrogen-bond acceptors (Lipinski definition) is 5. The molecule has 7 heteroatoms. The number of rotatable bonds is 4. The SMILES string of the molecule is Cc1nc(COc2cc([N+](=O)[O-])ccc2Cl)sc1C. The molecule has 5 nitrogen and oxygen atoms in total. The maximum atomic E-state index is 10.7. The summed E-state index contributed by atoms with van der Waals surface area (Å²) in [6, 6.07) is 4.11. The molecule has 2 rings (SSSR count). The molecule has 0 saturated carbocycles. The Labute approximate surface area is 119 Å².